The van der Waals surface area contributed by atoms with E-state index in [4.69, 9.17) is 13.7 Å². The number of hydrazine groups is 1. The molecule has 0 saturated carbocycles. The Kier molecular flexibility index (Phi) is 3.78. The number of hydrogen-bond donors (Lipinski definition) is 3. The lowest BCUT2D eigenvalue weighted by molar-refractivity contribution is 0.125. The summed E-state index contributed by atoms with van der Waals surface area (Å²) in [5.41, 5.74) is 1.92. The Bertz CT molecular complexity index is 105. The van der Waals surface area contributed by atoms with Crippen LogP contribution in [0.5, 0.6) is 0 Å². The maximum Gasteiger partial charge on any atom is 0.312 e. The van der Waals surface area contributed by atoms with Crippen molar-refractivity contribution < 1.29 is 8.78 Å². The van der Waals surface area contributed by atoms with Gasteiger partial charge in [0.25, 0.3) is 0 Å². The Labute approximate surface area is 52.7 Å². The molecule has 0 aromatic heterocycles. The fourth-order valence-corrected chi connectivity index (χ4v) is 0.194. The Morgan fingerprint density at radius 2 is 2.22 bits per heavy atom. The van der Waals surface area contributed by atoms with Gasteiger partial charge in [-0.1, -0.05) is 0 Å². The van der Waals surface area contributed by atoms with Gasteiger partial charge in [-0.15, -0.1) is 0 Å². The molecule has 50 valence electrons. The molecular formula is C3H6BF2N3. The topological polar surface area (TPSA) is 50.1 Å². The maximum absolute atomic E-state index is 11.3. The molecule has 0 unspecified atom stereocenters. The highest BCUT2D eigenvalue weighted by atomic mass is 19.3. The molecule has 0 atom stereocenters. The van der Waals surface area contributed by atoms with Gasteiger partial charge < -0.3 is 10.7 Å². The summed E-state index contributed by atoms with van der Waals surface area (Å²) in [6.45, 7) is -2.61. The number of rotatable bonds is 3. The molecule has 2 radical (unpaired) electrons. The summed E-state index contributed by atoms with van der Waals surface area (Å²) in [7, 11) is 4.95. The molecule has 0 heterocycles. The first-order valence-electron chi connectivity index (χ1n) is 2.13. The van der Waals surface area contributed by atoms with E-state index < -0.39 is 6.55 Å². The highest BCUT2D eigenvalue weighted by Crippen LogP contribution is 1.84. The first kappa shape index (κ1) is 8.22. The number of halogens is 2. The van der Waals surface area contributed by atoms with E-state index in [1.54, 1.807) is 5.32 Å². The monoisotopic (exact) mass is 133 g/mol. The van der Waals surface area contributed by atoms with E-state index in [9.17, 15) is 8.78 Å². The highest BCUT2D eigenvalue weighted by Gasteiger charge is 1.93. The Morgan fingerprint density at radius 3 is 2.56 bits per heavy atom. The van der Waals surface area contributed by atoms with Crippen molar-refractivity contribution in [3.8, 4) is 0 Å². The summed E-state index contributed by atoms with van der Waals surface area (Å²) in [6.07, 6.45) is 0.880. The van der Waals surface area contributed by atoms with Gasteiger partial charge in [-0.05, 0) is 5.60 Å². The average molecular weight is 133 g/mol. The Morgan fingerprint density at radius 1 is 1.67 bits per heavy atom. The molecule has 6 heteroatoms. The van der Waals surface area contributed by atoms with E-state index in [1.807, 2.05) is 5.43 Å². The zero-order chi connectivity index (χ0) is 7.28. The molecule has 0 amide bonds. The van der Waals surface area contributed by atoms with Gasteiger partial charge in [0, 0.05) is 6.20 Å². The molecule has 0 bridgehead atoms. The van der Waals surface area contributed by atoms with Crippen LogP contribution in [-0.2, 0) is 0 Å². The van der Waals surface area contributed by atoms with E-state index >= 15 is 0 Å². The summed E-state index contributed by atoms with van der Waals surface area (Å²) < 4.78 is 22.5. The molecule has 4 N–H and O–H groups in total. The van der Waals surface area contributed by atoms with E-state index in [-0.39, 0.29) is 5.60 Å². The number of nitrogens with one attached hydrogen (secondary N) is 2. The predicted octanol–water partition coefficient (Wildman–Crippen LogP) is -0.771. The van der Waals surface area contributed by atoms with Gasteiger partial charge in [0.1, 0.15) is 7.85 Å². The van der Waals surface area contributed by atoms with Crippen molar-refractivity contribution in [1.82, 2.24) is 10.7 Å². The lowest BCUT2D eigenvalue weighted by Gasteiger charge is -2.00. The van der Waals surface area contributed by atoms with Crippen molar-refractivity contribution >= 4 is 7.85 Å². The first-order valence-corrected chi connectivity index (χ1v) is 2.13. The number of alkyl halides is 2. The third-order valence-corrected chi connectivity index (χ3v) is 0.531. The molecule has 0 aromatic rings. The van der Waals surface area contributed by atoms with Crippen molar-refractivity contribution in [1.29, 1.82) is 0 Å². The molecular weight excluding hydrogens is 127 g/mol. The molecule has 0 aliphatic carbocycles. The largest absolute Gasteiger partial charge is 0.338 e. The zero-order valence-corrected chi connectivity index (χ0v) is 4.57. The van der Waals surface area contributed by atoms with Crippen LogP contribution >= 0.6 is 0 Å². The molecule has 0 aromatic carbocycles. The van der Waals surface area contributed by atoms with Crippen LogP contribution < -0.4 is 16.6 Å². The quantitative estimate of drug-likeness (QED) is 0.205. The highest BCUT2D eigenvalue weighted by molar-refractivity contribution is 6.21. The molecule has 0 spiro atoms. The van der Waals surface area contributed by atoms with E-state index in [0.717, 1.165) is 6.20 Å². The third kappa shape index (κ3) is 5.09. The third-order valence-electron chi connectivity index (χ3n) is 0.531. The van der Waals surface area contributed by atoms with Crippen LogP contribution in [0.4, 0.5) is 8.78 Å². The van der Waals surface area contributed by atoms with Crippen molar-refractivity contribution in [3.05, 3.63) is 11.8 Å². The van der Waals surface area contributed by atoms with Gasteiger partial charge in [0.15, 0.2) is 0 Å². The van der Waals surface area contributed by atoms with Gasteiger partial charge in [0.05, 0.1) is 0 Å². The fourth-order valence-electron chi connectivity index (χ4n) is 0.194. The first-order chi connectivity index (χ1) is 4.16. The molecule has 0 aliphatic rings. The standard InChI is InChI=1S/C3H6BF2N3/c4-2(9-7)1-8-3(5)6/h1,3,8-9H,7H2/b2-1-. The SMILES string of the molecule is [B]/C(=C/NC(F)F)NN. The molecule has 0 saturated heterocycles. The zero-order valence-electron chi connectivity index (χ0n) is 4.57. The minimum absolute atomic E-state index is 0.0460. The Balaban J connectivity index is 3.43. The lowest BCUT2D eigenvalue weighted by atomic mass is 10.1. The van der Waals surface area contributed by atoms with Gasteiger partial charge in [-0.3, -0.25) is 5.84 Å². The van der Waals surface area contributed by atoms with Crippen LogP contribution in [0.25, 0.3) is 0 Å². The summed E-state index contributed by atoms with van der Waals surface area (Å²) in [5, 5.41) is 1.63. The predicted molar refractivity (Wildman–Crippen MR) is 30.3 cm³/mol. The smallest absolute Gasteiger partial charge is 0.312 e. The van der Waals surface area contributed by atoms with Crippen LogP contribution in [0.15, 0.2) is 11.8 Å². The van der Waals surface area contributed by atoms with Crippen LogP contribution in [0.1, 0.15) is 0 Å². The fraction of sp³-hybridized carbons (Fsp3) is 0.333. The number of hydrogen-bond acceptors (Lipinski definition) is 3. The van der Waals surface area contributed by atoms with Crippen LogP contribution in [0.3, 0.4) is 0 Å². The Hall–Kier alpha value is -0.775. The van der Waals surface area contributed by atoms with Gasteiger partial charge in [0.2, 0.25) is 0 Å². The van der Waals surface area contributed by atoms with Crippen LogP contribution in [0, 0.1) is 0 Å². The lowest BCUT2D eigenvalue weighted by Crippen LogP contribution is -2.24. The molecule has 0 rings (SSSR count). The van der Waals surface area contributed by atoms with Crippen molar-refractivity contribution in [3.63, 3.8) is 0 Å². The van der Waals surface area contributed by atoms with Crippen LogP contribution in [0.2, 0.25) is 0 Å². The molecule has 0 aliphatic heterocycles. The van der Waals surface area contributed by atoms with Crippen molar-refractivity contribution in [2.75, 3.05) is 0 Å². The van der Waals surface area contributed by atoms with Gasteiger partial charge >= 0.3 is 6.55 Å². The minimum atomic E-state index is -2.61. The van der Waals surface area contributed by atoms with Gasteiger partial charge in [-0.25, -0.2) is 0 Å². The van der Waals surface area contributed by atoms with E-state index in [0.29, 0.717) is 0 Å². The summed E-state index contributed by atoms with van der Waals surface area (Å²) in [6, 6.07) is 0. The number of nitrogens with two attached hydrogens (primary N) is 1. The second-order valence-corrected chi connectivity index (χ2v) is 1.21. The molecule has 9 heavy (non-hydrogen) atoms. The van der Waals surface area contributed by atoms with E-state index in [1.165, 1.54) is 0 Å². The minimum Gasteiger partial charge on any atom is -0.338 e. The molecule has 0 fully saturated rings. The average Bonchev–Trinajstić information content (AvgIpc) is 1.83. The van der Waals surface area contributed by atoms with Crippen molar-refractivity contribution in [2.24, 2.45) is 5.84 Å². The van der Waals surface area contributed by atoms with Gasteiger partial charge in [-0.2, -0.15) is 8.78 Å². The maximum atomic E-state index is 11.3. The second-order valence-electron chi connectivity index (χ2n) is 1.21. The molecule has 3 nitrogen and oxygen atoms in total. The van der Waals surface area contributed by atoms with Crippen LogP contribution in [-0.4, -0.2) is 14.4 Å². The second kappa shape index (κ2) is 4.14. The van der Waals surface area contributed by atoms with Crippen molar-refractivity contribution in [2.45, 2.75) is 6.55 Å². The normalized spacial score (nSPS) is 11.8. The summed E-state index contributed by atoms with van der Waals surface area (Å²) in [4.78, 5) is 0. The summed E-state index contributed by atoms with van der Waals surface area (Å²) >= 11 is 0. The van der Waals surface area contributed by atoms with E-state index in [2.05, 4.69) is 0 Å². The summed E-state index contributed by atoms with van der Waals surface area (Å²) in [5.74, 6) is 4.73.